The number of carbonyl (C=O) groups excluding carboxylic acids is 1. The molecule has 0 spiro atoms. The van der Waals surface area contributed by atoms with Crippen molar-refractivity contribution in [3.05, 3.63) is 65.7 Å². The van der Waals surface area contributed by atoms with Gasteiger partial charge in [-0.05, 0) is 54.8 Å². The van der Waals surface area contributed by atoms with Crippen LogP contribution < -0.4 is 5.32 Å². The lowest BCUT2D eigenvalue weighted by Crippen LogP contribution is -2.15. The number of benzene rings is 2. The van der Waals surface area contributed by atoms with Gasteiger partial charge in [0.15, 0.2) is 0 Å². The third kappa shape index (κ3) is 3.96. The molecule has 0 aliphatic rings. The Bertz CT molecular complexity index is 672. The predicted molar refractivity (Wildman–Crippen MR) is 86.3 cm³/mol. The SMILES string of the molecule is C=C(C)c1ccc(NC(=O)Cc2ccc(O)cc2)c(C)c1. The number of aromatic hydroxyl groups is 1. The number of hydrogen-bond donors (Lipinski definition) is 2. The van der Waals surface area contributed by atoms with E-state index in [4.69, 9.17) is 0 Å². The molecule has 2 aromatic carbocycles. The molecule has 2 aromatic rings. The molecule has 1 amide bonds. The standard InChI is InChI=1S/C18H19NO2/c1-12(2)15-6-9-17(13(3)10-15)19-18(21)11-14-4-7-16(20)8-5-14/h4-10,20H,1,11H2,2-3H3,(H,19,21). The molecule has 0 aliphatic heterocycles. The van der Waals surface area contributed by atoms with Crippen molar-refractivity contribution >= 4 is 17.2 Å². The molecule has 0 aromatic heterocycles. The molecule has 0 aliphatic carbocycles. The fourth-order valence-corrected chi connectivity index (χ4v) is 2.06. The fraction of sp³-hybridized carbons (Fsp3) is 0.167. The van der Waals surface area contributed by atoms with Crippen LogP contribution in [0.1, 0.15) is 23.6 Å². The molecule has 0 saturated carbocycles. The number of phenolic OH excluding ortho intramolecular Hbond substituents is 1. The number of hydrogen-bond acceptors (Lipinski definition) is 2. The Morgan fingerprint density at radius 2 is 1.86 bits per heavy atom. The van der Waals surface area contributed by atoms with Gasteiger partial charge in [-0.3, -0.25) is 4.79 Å². The summed E-state index contributed by atoms with van der Waals surface area (Å²) in [5.74, 6) is 0.122. The molecule has 0 heterocycles. The summed E-state index contributed by atoms with van der Waals surface area (Å²) in [4.78, 5) is 12.0. The monoisotopic (exact) mass is 281 g/mol. The second kappa shape index (κ2) is 6.27. The minimum absolute atomic E-state index is 0.0770. The van der Waals surface area contributed by atoms with E-state index in [-0.39, 0.29) is 18.1 Å². The summed E-state index contributed by atoms with van der Waals surface area (Å²) in [5, 5.41) is 12.1. The van der Waals surface area contributed by atoms with Gasteiger partial charge in [0.05, 0.1) is 6.42 Å². The molecule has 0 saturated heterocycles. The van der Waals surface area contributed by atoms with Crippen LogP contribution >= 0.6 is 0 Å². The maximum absolute atomic E-state index is 12.0. The van der Waals surface area contributed by atoms with Crippen molar-refractivity contribution in [3.8, 4) is 5.75 Å². The van der Waals surface area contributed by atoms with Crippen LogP contribution in [-0.4, -0.2) is 11.0 Å². The number of nitrogens with one attached hydrogen (secondary N) is 1. The number of amides is 1. The van der Waals surface area contributed by atoms with E-state index in [9.17, 15) is 9.90 Å². The Balaban J connectivity index is 2.06. The van der Waals surface area contributed by atoms with Crippen LogP contribution in [-0.2, 0) is 11.2 Å². The van der Waals surface area contributed by atoms with Crippen molar-refractivity contribution in [2.45, 2.75) is 20.3 Å². The zero-order valence-corrected chi connectivity index (χ0v) is 12.3. The van der Waals surface area contributed by atoms with E-state index in [0.717, 1.165) is 28.0 Å². The van der Waals surface area contributed by atoms with Crippen LogP contribution in [0.2, 0.25) is 0 Å². The van der Waals surface area contributed by atoms with Crippen molar-refractivity contribution in [2.75, 3.05) is 5.32 Å². The normalized spacial score (nSPS) is 10.2. The molecule has 0 unspecified atom stereocenters. The lowest BCUT2D eigenvalue weighted by atomic mass is 10.0. The predicted octanol–water partition coefficient (Wildman–Crippen LogP) is 3.91. The number of phenols is 1. The van der Waals surface area contributed by atoms with Gasteiger partial charge in [0.1, 0.15) is 5.75 Å². The van der Waals surface area contributed by atoms with Crippen LogP contribution in [0.5, 0.6) is 5.75 Å². The highest BCUT2D eigenvalue weighted by molar-refractivity contribution is 5.93. The first-order valence-corrected chi connectivity index (χ1v) is 6.80. The van der Waals surface area contributed by atoms with Crippen molar-refractivity contribution in [2.24, 2.45) is 0 Å². The van der Waals surface area contributed by atoms with Gasteiger partial charge in [-0.1, -0.05) is 30.4 Å². The summed E-state index contributed by atoms with van der Waals surface area (Å²) in [5.41, 5.74) is 4.75. The van der Waals surface area contributed by atoms with Gasteiger partial charge < -0.3 is 10.4 Å². The molecular weight excluding hydrogens is 262 g/mol. The first kappa shape index (κ1) is 14.9. The van der Waals surface area contributed by atoms with Crippen LogP contribution in [0.15, 0.2) is 49.0 Å². The molecule has 21 heavy (non-hydrogen) atoms. The molecule has 0 atom stereocenters. The summed E-state index contributed by atoms with van der Waals surface area (Å²) in [7, 11) is 0. The molecule has 0 radical (unpaired) electrons. The smallest absolute Gasteiger partial charge is 0.228 e. The van der Waals surface area contributed by atoms with Gasteiger partial charge >= 0.3 is 0 Å². The minimum atomic E-state index is -0.0770. The molecular formula is C18H19NO2. The third-order valence-corrected chi connectivity index (χ3v) is 3.29. The number of allylic oxidation sites excluding steroid dienone is 1. The quantitative estimate of drug-likeness (QED) is 0.892. The maximum atomic E-state index is 12.0. The second-order valence-electron chi connectivity index (χ2n) is 5.20. The molecule has 2 rings (SSSR count). The van der Waals surface area contributed by atoms with E-state index < -0.39 is 0 Å². The zero-order valence-electron chi connectivity index (χ0n) is 12.3. The summed E-state index contributed by atoms with van der Waals surface area (Å²) < 4.78 is 0. The van der Waals surface area contributed by atoms with Gasteiger partial charge in [0.25, 0.3) is 0 Å². The minimum Gasteiger partial charge on any atom is -0.508 e. The highest BCUT2D eigenvalue weighted by atomic mass is 16.3. The molecule has 2 N–H and O–H groups in total. The van der Waals surface area contributed by atoms with Crippen LogP contribution in [0.3, 0.4) is 0 Å². The summed E-state index contributed by atoms with van der Waals surface area (Å²) in [6.45, 7) is 7.83. The van der Waals surface area contributed by atoms with Crippen LogP contribution in [0.4, 0.5) is 5.69 Å². The molecule has 0 fully saturated rings. The van der Waals surface area contributed by atoms with Crippen molar-refractivity contribution in [1.29, 1.82) is 0 Å². The van der Waals surface area contributed by atoms with Gasteiger partial charge in [-0.25, -0.2) is 0 Å². The summed E-state index contributed by atoms with van der Waals surface area (Å²) in [6.07, 6.45) is 0.280. The highest BCUT2D eigenvalue weighted by Gasteiger charge is 2.07. The van der Waals surface area contributed by atoms with Crippen LogP contribution in [0, 0.1) is 6.92 Å². The molecule has 0 bridgehead atoms. The number of rotatable bonds is 4. The van der Waals surface area contributed by atoms with E-state index in [2.05, 4.69) is 11.9 Å². The molecule has 3 nitrogen and oxygen atoms in total. The first-order chi connectivity index (χ1) is 9.95. The first-order valence-electron chi connectivity index (χ1n) is 6.80. The van der Waals surface area contributed by atoms with Crippen molar-refractivity contribution < 1.29 is 9.90 Å². The van der Waals surface area contributed by atoms with Crippen molar-refractivity contribution in [1.82, 2.24) is 0 Å². The Kier molecular flexibility index (Phi) is 4.43. The van der Waals surface area contributed by atoms with Crippen molar-refractivity contribution in [3.63, 3.8) is 0 Å². The topological polar surface area (TPSA) is 49.3 Å². The van der Waals surface area contributed by atoms with E-state index >= 15 is 0 Å². The Labute approximate surface area is 124 Å². The number of anilines is 1. The number of aryl methyl sites for hydroxylation is 1. The fourth-order valence-electron chi connectivity index (χ4n) is 2.06. The summed E-state index contributed by atoms with van der Waals surface area (Å²) >= 11 is 0. The van der Waals surface area contributed by atoms with Crippen LogP contribution in [0.25, 0.3) is 5.57 Å². The Morgan fingerprint density at radius 1 is 1.19 bits per heavy atom. The van der Waals surface area contributed by atoms with Gasteiger partial charge in [-0.2, -0.15) is 0 Å². The second-order valence-corrected chi connectivity index (χ2v) is 5.20. The Morgan fingerprint density at radius 3 is 2.43 bits per heavy atom. The zero-order chi connectivity index (χ0) is 15.4. The van der Waals surface area contributed by atoms with Gasteiger partial charge in [0, 0.05) is 5.69 Å². The maximum Gasteiger partial charge on any atom is 0.228 e. The van der Waals surface area contributed by atoms with Gasteiger partial charge in [-0.15, -0.1) is 0 Å². The van der Waals surface area contributed by atoms with Gasteiger partial charge in [0.2, 0.25) is 5.91 Å². The highest BCUT2D eigenvalue weighted by Crippen LogP contribution is 2.21. The molecule has 3 heteroatoms. The molecule has 108 valence electrons. The van der Waals surface area contributed by atoms with E-state index in [1.54, 1.807) is 24.3 Å². The van der Waals surface area contributed by atoms with E-state index in [1.165, 1.54) is 0 Å². The summed E-state index contributed by atoms with van der Waals surface area (Å²) in [6, 6.07) is 12.5. The number of carbonyl (C=O) groups is 1. The average molecular weight is 281 g/mol. The van der Waals surface area contributed by atoms with E-state index in [1.807, 2.05) is 32.0 Å². The largest absolute Gasteiger partial charge is 0.508 e. The third-order valence-electron chi connectivity index (χ3n) is 3.29. The Hall–Kier alpha value is -2.55. The lowest BCUT2D eigenvalue weighted by Gasteiger charge is -2.10. The van der Waals surface area contributed by atoms with E-state index in [0.29, 0.717) is 0 Å². The lowest BCUT2D eigenvalue weighted by molar-refractivity contribution is -0.115. The average Bonchev–Trinajstić information content (AvgIpc) is 2.43.